The van der Waals surface area contributed by atoms with E-state index in [9.17, 15) is 14.4 Å². The maximum atomic E-state index is 13.0. The first-order valence-electron chi connectivity index (χ1n) is 12.2. The van der Waals surface area contributed by atoms with Crippen molar-refractivity contribution < 1.29 is 23.9 Å². The van der Waals surface area contributed by atoms with Crippen LogP contribution in [-0.2, 0) is 11.2 Å². The van der Waals surface area contributed by atoms with Gasteiger partial charge in [0, 0.05) is 37.0 Å². The second-order valence-electron chi connectivity index (χ2n) is 8.93. The SMILES string of the molecule is CCc1ccccc1NC(=O)CC1CCN(C(=O)c2nnc(C(=O)Nc3ccc4c(c3)OCO4)s2)CC1. The molecule has 0 bridgehead atoms. The highest BCUT2D eigenvalue weighted by Crippen LogP contribution is 2.34. The molecule has 0 radical (unpaired) electrons. The number of nitrogens with zero attached hydrogens (tertiary/aromatic N) is 3. The molecule has 10 nitrogen and oxygen atoms in total. The Morgan fingerprint density at radius 1 is 1.00 bits per heavy atom. The number of hydrogen-bond donors (Lipinski definition) is 2. The highest BCUT2D eigenvalue weighted by atomic mass is 32.1. The fraction of sp³-hybridized carbons (Fsp3) is 0.346. The summed E-state index contributed by atoms with van der Waals surface area (Å²) < 4.78 is 10.6. The lowest BCUT2D eigenvalue weighted by Crippen LogP contribution is -2.39. The normalized spacial score (nSPS) is 14.9. The molecule has 192 valence electrons. The van der Waals surface area contributed by atoms with E-state index in [1.54, 1.807) is 23.1 Å². The van der Waals surface area contributed by atoms with Gasteiger partial charge < -0.3 is 25.0 Å². The van der Waals surface area contributed by atoms with Crippen molar-refractivity contribution in [2.24, 2.45) is 5.92 Å². The fourth-order valence-electron chi connectivity index (χ4n) is 4.45. The van der Waals surface area contributed by atoms with E-state index in [1.807, 2.05) is 24.3 Å². The lowest BCUT2D eigenvalue weighted by Gasteiger charge is -2.31. The Balaban J connectivity index is 1.11. The van der Waals surface area contributed by atoms with E-state index >= 15 is 0 Å². The van der Waals surface area contributed by atoms with Crippen molar-refractivity contribution in [3.63, 3.8) is 0 Å². The van der Waals surface area contributed by atoms with Gasteiger partial charge in [0.15, 0.2) is 11.5 Å². The minimum Gasteiger partial charge on any atom is -0.454 e. The van der Waals surface area contributed by atoms with Crippen LogP contribution in [0.25, 0.3) is 0 Å². The third-order valence-electron chi connectivity index (χ3n) is 6.48. The highest BCUT2D eigenvalue weighted by molar-refractivity contribution is 7.15. The first-order valence-corrected chi connectivity index (χ1v) is 13.0. The van der Waals surface area contributed by atoms with Gasteiger partial charge in [-0.3, -0.25) is 14.4 Å². The number of para-hydroxylation sites is 1. The first kappa shape index (κ1) is 24.7. The molecule has 3 heterocycles. The molecule has 2 aliphatic heterocycles. The van der Waals surface area contributed by atoms with Crippen LogP contribution in [0.5, 0.6) is 11.5 Å². The summed E-state index contributed by atoms with van der Waals surface area (Å²) in [6, 6.07) is 12.9. The van der Waals surface area contributed by atoms with E-state index in [-0.39, 0.29) is 34.5 Å². The quantitative estimate of drug-likeness (QED) is 0.482. The Morgan fingerprint density at radius 2 is 1.76 bits per heavy atom. The van der Waals surface area contributed by atoms with Crippen LogP contribution in [0.15, 0.2) is 42.5 Å². The molecule has 37 heavy (non-hydrogen) atoms. The zero-order chi connectivity index (χ0) is 25.8. The van der Waals surface area contributed by atoms with Gasteiger partial charge in [-0.1, -0.05) is 36.5 Å². The van der Waals surface area contributed by atoms with Crippen molar-refractivity contribution in [1.29, 1.82) is 0 Å². The Hall–Kier alpha value is -3.99. The van der Waals surface area contributed by atoms with E-state index < -0.39 is 5.91 Å². The number of ether oxygens (including phenoxy) is 2. The van der Waals surface area contributed by atoms with Crippen molar-refractivity contribution in [2.45, 2.75) is 32.6 Å². The topological polar surface area (TPSA) is 123 Å². The average Bonchev–Trinajstić information content (AvgIpc) is 3.59. The molecule has 1 aromatic heterocycles. The molecule has 3 amide bonds. The van der Waals surface area contributed by atoms with Crippen LogP contribution in [-0.4, -0.2) is 52.7 Å². The fourth-order valence-corrected chi connectivity index (χ4v) is 5.16. The molecular formula is C26H27N5O5S. The van der Waals surface area contributed by atoms with E-state index in [1.165, 1.54) is 0 Å². The zero-order valence-corrected chi connectivity index (χ0v) is 21.2. The van der Waals surface area contributed by atoms with Gasteiger partial charge in [-0.25, -0.2) is 0 Å². The minimum atomic E-state index is -0.454. The van der Waals surface area contributed by atoms with Crippen LogP contribution in [0.1, 0.15) is 51.4 Å². The van der Waals surface area contributed by atoms with Gasteiger partial charge in [0.1, 0.15) is 0 Å². The second kappa shape index (κ2) is 11.0. The Kier molecular flexibility index (Phi) is 7.31. The van der Waals surface area contributed by atoms with Gasteiger partial charge in [0.05, 0.1) is 0 Å². The summed E-state index contributed by atoms with van der Waals surface area (Å²) in [5.74, 6) is 0.665. The minimum absolute atomic E-state index is 0.00656. The van der Waals surface area contributed by atoms with Crippen molar-refractivity contribution in [3.05, 3.63) is 58.0 Å². The number of anilines is 2. The predicted molar refractivity (Wildman–Crippen MR) is 138 cm³/mol. The summed E-state index contributed by atoms with van der Waals surface area (Å²) in [5, 5.41) is 13.9. The first-order chi connectivity index (χ1) is 18.0. The van der Waals surface area contributed by atoms with Crippen molar-refractivity contribution in [2.75, 3.05) is 30.5 Å². The van der Waals surface area contributed by atoms with Crippen molar-refractivity contribution >= 4 is 40.4 Å². The third kappa shape index (κ3) is 5.72. The van der Waals surface area contributed by atoms with Gasteiger partial charge in [0.2, 0.25) is 22.7 Å². The smallest absolute Gasteiger partial charge is 0.286 e. The number of rotatable bonds is 7. The largest absolute Gasteiger partial charge is 0.454 e. The number of piperidine rings is 1. The van der Waals surface area contributed by atoms with E-state index in [4.69, 9.17) is 9.47 Å². The Morgan fingerprint density at radius 3 is 2.57 bits per heavy atom. The molecule has 0 spiro atoms. The van der Waals surface area contributed by atoms with Crippen LogP contribution in [0.3, 0.4) is 0 Å². The standard InChI is InChI=1S/C26H27N5O5S/c1-2-17-5-3-4-6-19(17)28-22(32)13-16-9-11-31(12-10-16)26(34)25-30-29-24(37-25)23(33)27-18-7-8-20-21(14-18)36-15-35-20/h3-8,14,16H,2,9-13,15H2,1H3,(H,27,33)(H,28,32). The van der Waals surface area contributed by atoms with Crippen LogP contribution < -0.4 is 20.1 Å². The van der Waals surface area contributed by atoms with Crippen LogP contribution in [0.4, 0.5) is 11.4 Å². The molecule has 0 saturated carbocycles. The molecule has 1 fully saturated rings. The van der Waals surface area contributed by atoms with Gasteiger partial charge in [-0.2, -0.15) is 0 Å². The number of amides is 3. The lowest BCUT2D eigenvalue weighted by atomic mass is 9.93. The van der Waals surface area contributed by atoms with Gasteiger partial charge in [-0.05, 0) is 48.9 Å². The molecule has 11 heteroatoms. The molecule has 2 aromatic carbocycles. The predicted octanol–water partition coefficient (Wildman–Crippen LogP) is 3.96. The second-order valence-corrected chi connectivity index (χ2v) is 9.91. The molecule has 2 N–H and O–H groups in total. The summed E-state index contributed by atoms with van der Waals surface area (Å²) in [4.78, 5) is 39.8. The van der Waals surface area contributed by atoms with Crippen LogP contribution in [0, 0.1) is 5.92 Å². The maximum absolute atomic E-state index is 13.0. The molecule has 1 saturated heterocycles. The van der Waals surface area contributed by atoms with Gasteiger partial charge in [0.25, 0.3) is 11.8 Å². The number of carbonyl (C=O) groups is 3. The number of carbonyl (C=O) groups excluding carboxylic acids is 3. The van der Waals surface area contributed by atoms with E-state index in [2.05, 4.69) is 27.8 Å². The molecule has 0 atom stereocenters. The summed E-state index contributed by atoms with van der Waals surface area (Å²) >= 11 is 0.958. The number of benzene rings is 2. The van der Waals surface area contributed by atoms with Gasteiger partial charge >= 0.3 is 0 Å². The zero-order valence-electron chi connectivity index (χ0n) is 20.4. The van der Waals surface area contributed by atoms with Crippen molar-refractivity contribution in [1.82, 2.24) is 15.1 Å². The van der Waals surface area contributed by atoms with Crippen LogP contribution in [0.2, 0.25) is 0 Å². The number of aryl methyl sites for hydroxylation is 1. The lowest BCUT2D eigenvalue weighted by molar-refractivity contribution is -0.117. The number of fused-ring (bicyclic) bond motifs is 1. The average molecular weight is 522 g/mol. The van der Waals surface area contributed by atoms with E-state index in [0.717, 1.165) is 41.9 Å². The summed E-state index contributed by atoms with van der Waals surface area (Å²) in [6.45, 7) is 3.26. The molecule has 0 aliphatic carbocycles. The van der Waals surface area contributed by atoms with Crippen LogP contribution >= 0.6 is 11.3 Å². The molecule has 5 rings (SSSR count). The number of likely N-dealkylation sites (tertiary alicyclic amines) is 1. The Bertz CT molecular complexity index is 1320. The maximum Gasteiger partial charge on any atom is 0.286 e. The molecular weight excluding hydrogens is 494 g/mol. The summed E-state index contributed by atoms with van der Waals surface area (Å²) in [7, 11) is 0. The van der Waals surface area contributed by atoms with Crippen molar-refractivity contribution in [3.8, 4) is 11.5 Å². The third-order valence-corrected chi connectivity index (χ3v) is 7.39. The number of aromatic nitrogens is 2. The number of hydrogen-bond acceptors (Lipinski definition) is 8. The number of nitrogens with one attached hydrogen (secondary N) is 2. The monoisotopic (exact) mass is 521 g/mol. The van der Waals surface area contributed by atoms with E-state index in [0.29, 0.717) is 36.7 Å². The van der Waals surface area contributed by atoms with Gasteiger partial charge in [-0.15, -0.1) is 10.2 Å². The molecule has 3 aromatic rings. The molecule has 2 aliphatic rings. The highest BCUT2D eigenvalue weighted by Gasteiger charge is 2.28. The Labute approximate surface area is 218 Å². The summed E-state index contributed by atoms with van der Waals surface area (Å²) in [5.41, 5.74) is 2.50. The summed E-state index contributed by atoms with van der Waals surface area (Å²) in [6.07, 6.45) is 2.73. The molecule has 0 unspecified atom stereocenters.